The zero-order valence-corrected chi connectivity index (χ0v) is 24.5. The third-order valence-electron chi connectivity index (χ3n) is 7.56. The zero-order chi connectivity index (χ0) is 30.3. The minimum Gasteiger partial charge on any atom is -0.493 e. The first-order chi connectivity index (χ1) is 20.8. The standard InChI is InChI=1S/C32H36FN3O7/c1-39-26-10-6-20-7-11-31(37)35-25-17-36(16-22-13-27(40-2)28(41-3)14-24(22)33)18-30(25)43-23-8-4-21(5-9-23)15-34-32(38)19-42-29(26)12-20/h4-6,8-10,12-14,25,30H,7,11,15-19H2,1-3H3,(H,34,38)(H,35,37)/t25-,30-/m0/s1. The molecule has 11 heteroatoms. The molecule has 43 heavy (non-hydrogen) atoms. The first-order valence-electron chi connectivity index (χ1n) is 14.1. The SMILES string of the molecule is COc1cc(F)c(CN2C[C@@H]3NC(=O)CCc4ccc(OC)c(c4)OCC(=O)NCc4ccc(cc4)O[C@H]3C2)cc1OC. The number of amides is 2. The van der Waals surface area contributed by atoms with E-state index in [0.717, 1.165) is 11.1 Å². The fourth-order valence-corrected chi connectivity index (χ4v) is 5.28. The van der Waals surface area contributed by atoms with E-state index in [1.807, 2.05) is 35.2 Å². The van der Waals surface area contributed by atoms with Gasteiger partial charge in [0.05, 0.1) is 27.4 Å². The fraction of sp³-hybridized carbons (Fsp3) is 0.375. The predicted octanol–water partition coefficient (Wildman–Crippen LogP) is 3.24. The van der Waals surface area contributed by atoms with Crippen molar-refractivity contribution in [2.75, 3.05) is 41.0 Å². The van der Waals surface area contributed by atoms with Crippen LogP contribution in [0.3, 0.4) is 0 Å². The van der Waals surface area contributed by atoms with Gasteiger partial charge in [-0.15, -0.1) is 0 Å². The van der Waals surface area contributed by atoms with Crippen LogP contribution in [-0.2, 0) is 29.1 Å². The van der Waals surface area contributed by atoms with Crippen LogP contribution in [0.2, 0.25) is 0 Å². The average molecular weight is 594 g/mol. The topological polar surface area (TPSA) is 108 Å². The molecule has 0 spiro atoms. The smallest absolute Gasteiger partial charge is 0.258 e. The van der Waals surface area contributed by atoms with Gasteiger partial charge in [0, 0.05) is 44.2 Å². The van der Waals surface area contributed by atoms with Gasteiger partial charge in [-0.25, -0.2) is 4.39 Å². The van der Waals surface area contributed by atoms with Crippen molar-refractivity contribution in [1.82, 2.24) is 15.5 Å². The minimum absolute atomic E-state index is 0.135. The van der Waals surface area contributed by atoms with E-state index < -0.39 is 5.82 Å². The Balaban J connectivity index is 1.36. The van der Waals surface area contributed by atoms with Gasteiger partial charge in [0.25, 0.3) is 5.91 Å². The Morgan fingerprint density at radius 3 is 2.33 bits per heavy atom. The van der Waals surface area contributed by atoms with Crippen molar-refractivity contribution in [3.05, 3.63) is 77.1 Å². The van der Waals surface area contributed by atoms with E-state index in [1.54, 1.807) is 18.2 Å². The maximum absolute atomic E-state index is 14.9. The predicted molar refractivity (Wildman–Crippen MR) is 156 cm³/mol. The van der Waals surface area contributed by atoms with Gasteiger partial charge in [-0.1, -0.05) is 18.2 Å². The van der Waals surface area contributed by atoms with Crippen molar-refractivity contribution in [1.29, 1.82) is 0 Å². The molecule has 228 valence electrons. The van der Waals surface area contributed by atoms with Crippen molar-refractivity contribution in [2.45, 2.75) is 38.1 Å². The number of ether oxygens (including phenoxy) is 5. The number of nitrogens with zero attached hydrogens (tertiary/aromatic N) is 1. The molecule has 3 heterocycles. The molecular formula is C32H36FN3O7. The number of methoxy groups -OCH3 is 3. The molecule has 0 saturated carbocycles. The molecule has 0 aromatic heterocycles. The fourth-order valence-electron chi connectivity index (χ4n) is 5.28. The summed E-state index contributed by atoms with van der Waals surface area (Å²) in [6, 6.07) is 15.4. The summed E-state index contributed by atoms with van der Waals surface area (Å²) < 4.78 is 43.0. The number of halogens is 1. The summed E-state index contributed by atoms with van der Waals surface area (Å²) in [7, 11) is 4.50. The Hall–Kier alpha value is -4.51. The summed E-state index contributed by atoms with van der Waals surface area (Å²) in [6.07, 6.45) is 0.313. The molecule has 2 N–H and O–H groups in total. The highest BCUT2D eigenvalue weighted by Gasteiger charge is 2.36. The van der Waals surface area contributed by atoms with E-state index in [0.29, 0.717) is 66.9 Å². The molecule has 0 unspecified atom stereocenters. The third-order valence-corrected chi connectivity index (χ3v) is 7.56. The van der Waals surface area contributed by atoms with E-state index in [1.165, 1.54) is 27.4 Å². The van der Waals surface area contributed by atoms with Gasteiger partial charge in [-0.05, 0) is 47.9 Å². The second-order valence-corrected chi connectivity index (χ2v) is 10.5. The summed E-state index contributed by atoms with van der Waals surface area (Å²) in [4.78, 5) is 27.6. The summed E-state index contributed by atoms with van der Waals surface area (Å²) in [5, 5.41) is 5.99. The minimum atomic E-state index is -0.402. The van der Waals surface area contributed by atoms with Gasteiger partial charge in [0.15, 0.2) is 29.6 Å². The van der Waals surface area contributed by atoms with Crippen LogP contribution in [0.25, 0.3) is 0 Å². The van der Waals surface area contributed by atoms with Crippen LogP contribution >= 0.6 is 0 Å². The molecule has 1 fully saturated rings. The van der Waals surface area contributed by atoms with Crippen molar-refractivity contribution >= 4 is 11.8 Å². The lowest BCUT2D eigenvalue weighted by Gasteiger charge is -2.21. The van der Waals surface area contributed by atoms with Gasteiger partial charge in [0.1, 0.15) is 17.7 Å². The Morgan fingerprint density at radius 2 is 1.58 bits per heavy atom. The first kappa shape index (κ1) is 30.0. The van der Waals surface area contributed by atoms with Crippen LogP contribution in [0.4, 0.5) is 4.39 Å². The number of hydrogen-bond acceptors (Lipinski definition) is 8. The van der Waals surface area contributed by atoms with Crippen LogP contribution in [0.15, 0.2) is 54.6 Å². The Labute approximate surface area is 250 Å². The van der Waals surface area contributed by atoms with Crippen LogP contribution in [0.1, 0.15) is 23.1 Å². The van der Waals surface area contributed by atoms with Crippen LogP contribution < -0.4 is 34.3 Å². The lowest BCUT2D eigenvalue weighted by Crippen LogP contribution is -2.45. The molecule has 3 aliphatic heterocycles. The molecule has 2 atom stereocenters. The van der Waals surface area contributed by atoms with E-state index >= 15 is 0 Å². The van der Waals surface area contributed by atoms with Gasteiger partial charge in [-0.3, -0.25) is 14.5 Å². The molecule has 3 aliphatic rings. The molecule has 0 aliphatic carbocycles. The Morgan fingerprint density at radius 1 is 0.860 bits per heavy atom. The zero-order valence-electron chi connectivity index (χ0n) is 24.5. The highest BCUT2D eigenvalue weighted by molar-refractivity contribution is 5.78. The van der Waals surface area contributed by atoms with Crippen molar-refractivity contribution in [3.8, 4) is 28.7 Å². The number of fused-ring (bicyclic) bond motifs is 9. The highest BCUT2D eigenvalue weighted by Crippen LogP contribution is 2.32. The summed E-state index contributed by atoms with van der Waals surface area (Å²) in [5.74, 6) is 1.51. The number of carbonyl (C=O) groups excluding carboxylic acids is 2. The molecule has 0 radical (unpaired) electrons. The van der Waals surface area contributed by atoms with Gasteiger partial charge in [-0.2, -0.15) is 0 Å². The van der Waals surface area contributed by atoms with E-state index in [9.17, 15) is 14.0 Å². The molecule has 10 nitrogen and oxygen atoms in total. The van der Waals surface area contributed by atoms with Crippen molar-refractivity contribution in [3.63, 3.8) is 0 Å². The van der Waals surface area contributed by atoms with Crippen LogP contribution in [-0.4, -0.2) is 69.9 Å². The van der Waals surface area contributed by atoms with Gasteiger partial charge >= 0.3 is 0 Å². The molecule has 1 saturated heterocycles. The molecular weight excluding hydrogens is 557 g/mol. The maximum Gasteiger partial charge on any atom is 0.258 e. The largest absolute Gasteiger partial charge is 0.493 e. The summed E-state index contributed by atoms with van der Waals surface area (Å²) in [6.45, 7) is 1.39. The lowest BCUT2D eigenvalue weighted by atomic mass is 10.1. The molecule has 3 aromatic rings. The maximum atomic E-state index is 14.9. The van der Waals surface area contributed by atoms with E-state index in [-0.39, 0.29) is 37.0 Å². The summed E-state index contributed by atoms with van der Waals surface area (Å²) in [5.41, 5.74) is 2.21. The molecule has 3 aromatic carbocycles. The van der Waals surface area contributed by atoms with Gasteiger partial charge in [0.2, 0.25) is 5.91 Å². The monoisotopic (exact) mass is 593 g/mol. The first-order valence-corrected chi connectivity index (χ1v) is 14.1. The van der Waals surface area contributed by atoms with Gasteiger partial charge < -0.3 is 34.3 Å². The number of carbonyl (C=O) groups is 2. The number of likely N-dealkylation sites (tertiary alicyclic amines) is 1. The Kier molecular flexibility index (Phi) is 9.51. The number of benzene rings is 3. The van der Waals surface area contributed by atoms with Crippen LogP contribution in [0.5, 0.6) is 28.7 Å². The highest BCUT2D eigenvalue weighted by atomic mass is 19.1. The molecule has 4 bridgehead atoms. The van der Waals surface area contributed by atoms with Crippen molar-refractivity contribution in [2.24, 2.45) is 0 Å². The molecule has 2 amide bonds. The van der Waals surface area contributed by atoms with Crippen LogP contribution in [0, 0.1) is 5.82 Å². The lowest BCUT2D eigenvalue weighted by molar-refractivity contribution is -0.123. The Bertz CT molecular complexity index is 1450. The molecule has 6 rings (SSSR count). The summed E-state index contributed by atoms with van der Waals surface area (Å²) >= 11 is 0. The number of hydrogen-bond donors (Lipinski definition) is 2. The quantitative estimate of drug-likeness (QED) is 0.465. The van der Waals surface area contributed by atoms with Crippen molar-refractivity contribution < 1.29 is 37.7 Å². The van der Waals surface area contributed by atoms with E-state index in [2.05, 4.69) is 10.6 Å². The van der Waals surface area contributed by atoms with E-state index in [4.69, 9.17) is 23.7 Å². The second-order valence-electron chi connectivity index (χ2n) is 10.5. The third kappa shape index (κ3) is 7.47. The number of aryl methyl sites for hydroxylation is 1. The number of nitrogens with one attached hydrogen (secondary N) is 2. The second kappa shape index (κ2) is 13.6. The average Bonchev–Trinajstić information content (AvgIpc) is 3.38. The normalized spacial score (nSPS) is 19.4. The number of rotatable bonds is 5.